The number of esters is 2. The van der Waals surface area contributed by atoms with Gasteiger partial charge in [0, 0.05) is 37.2 Å². The first kappa shape index (κ1) is 90.4. The van der Waals surface area contributed by atoms with Crippen LogP contribution in [0.2, 0.25) is 0 Å². The van der Waals surface area contributed by atoms with Crippen LogP contribution in [0, 0.1) is 0 Å². The average Bonchev–Trinajstić information content (AvgIpc) is 0.908. The van der Waals surface area contributed by atoms with Gasteiger partial charge in [0.05, 0.1) is 31.8 Å². The Hall–Kier alpha value is -5.56. The van der Waals surface area contributed by atoms with E-state index in [0.717, 1.165) is 78.1 Å². The topological polar surface area (TPSA) is 371 Å². The summed E-state index contributed by atoms with van der Waals surface area (Å²) in [4.78, 5) is 141. The van der Waals surface area contributed by atoms with Gasteiger partial charge in [-0.05, 0) is 39.5 Å². The molecule has 0 aliphatic rings. The molecular weight excluding hydrogens is 1250 g/mol. The smallest absolute Gasteiger partial charge is 0.328 e. The standard InChI is InChI=1S/C71H129N7O17S/c1-6-9-12-15-18-21-24-26-29-32-35-38-41-44-64(87)94-51-56(95-65(88)45-42-39-36-33-30-27-25-22-19-16-13-10-7-2)52-96-53-58(76-59(81)43-40-37-34-31-28-23-20-17-14-11-8-3)68(89)74-49-61(83)72-48-60(82)73-50-62(84)75-57(46-47-63(85)86)69(90)77-66(54(4)79)70(91)78-67(55(5)80)71(92)93/h54-58,66-67,79-80H,6-53H2,1-5H3,(H,72,83)(H,73,82)(H,74,89)(H,75,84)(H,76,81)(H,77,90)(H,78,91)(H,85,86)(H,92,93)/t54-,55-,56+,57+,58-,66+,67+/m1/s1. The quantitative estimate of drug-likeness (QED) is 0.0199. The summed E-state index contributed by atoms with van der Waals surface area (Å²) in [5.41, 5.74) is 0. The van der Waals surface area contributed by atoms with E-state index in [9.17, 15) is 73.2 Å². The van der Waals surface area contributed by atoms with Crippen molar-refractivity contribution in [1.82, 2.24) is 37.2 Å². The van der Waals surface area contributed by atoms with Gasteiger partial charge in [-0.1, -0.05) is 239 Å². The monoisotopic (exact) mass is 1380 g/mol. The number of carbonyl (C=O) groups excluding carboxylic acids is 9. The molecule has 0 rings (SSSR count). The summed E-state index contributed by atoms with van der Waals surface area (Å²) in [6.45, 7) is 6.56. The van der Waals surface area contributed by atoms with Crippen LogP contribution in [0.5, 0.6) is 0 Å². The summed E-state index contributed by atoms with van der Waals surface area (Å²) in [5.74, 6) is -9.79. The molecule has 556 valence electrons. The third-order valence-corrected chi connectivity index (χ3v) is 17.8. The van der Waals surface area contributed by atoms with E-state index in [2.05, 4.69) is 52.7 Å². The fourth-order valence-electron chi connectivity index (χ4n) is 10.8. The Kier molecular flexibility index (Phi) is 58.2. The van der Waals surface area contributed by atoms with Crippen molar-refractivity contribution in [2.45, 2.75) is 347 Å². The number of aliphatic carboxylic acids is 2. The van der Waals surface area contributed by atoms with Gasteiger partial charge in [0.2, 0.25) is 41.4 Å². The Balaban J connectivity index is 5.84. The number of hydrogen-bond donors (Lipinski definition) is 11. The van der Waals surface area contributed by atoms with Crippen molar-refractivity contribution in [3.05, 3.63) is 0 Å². The highest BCUT2D eigenvalue weighted by Crippen LogP contribution is 2.18. The Bertz CT molecular complexity index is 2140. The Morgan fingerprint density at radius 3 is 1.14 bits per heavy atom. The number of carboxylic acid groups (broad SMARTS) is 2. The number of rotatable bonds is 66. The number of amides is 7. The lowest BCUT2D eigenvalue weighted by molar-refractivity contribution is -0.157. The second kappa shape index (κ2) is 61.7. The second-order valence-corrected chi connectivity index (χ2v) is 26.9. The molecule has 0 aliphatic carbocycles. The zero-order valence-corrected chi connectivity index (χ0v) is 60.3. The van der Waals surface area contributed by atoms with Crippen LogP contribution >= 0.6 is 11.8 Å². The zero-order chi connectivity index (χ0) is 71.4. The number of nitrogens with one attached hydrogen (secondary N) is 7. The average molecular weight is 1380 g/mol. The number of carboxylic acids is 2. The molecule has 11 N–H and O–H groups in total. The van der Waals surface area contributed by atoms with Gasteiger partial charge in [-0.2, -0.15) is 11.8 Å². The van der Waals surface area contributed by atoms with Crippen molar-refractivity contribution in [3.8, 4) is 0 Å². The van der Waals surface area contributed by atoms with Gasteiger partial charge >= 0.3 is 23.9 Å². The van der Waals surface area contributed by atoms with Crippen molar-refractivity contribution in [3.63, 3.8) is 0 Å². The first-order chi connectivity index (χ1) is 46.1. The van der Waals surface area contributed by atoms with Crippen molar-refractivity contribution in [2.24, 2.45) is 0 Å². The summed E-state index contributed by atoms with van der Waals surface area (Å²) < 4.78 is 11.6. The van der Waals surface area contributed by atoms with Gasteiger partial charge < -0.3 is 67.1 Å². The van der Waals surface area contributed by atoms with Gasteiger partial charge in [0.15, 0.2) is 6.04 Å². The van der Waals surface area contributed by atoms with Crippen LogP contribution in [0.25, 0.3) is 0 Å². The number of carbonyl (C=O) groups is 11. The Labute approximate surface area is 578 Å². The number of aliphatic hydroxyl groups is 2. The summed E-state index contributed by atoms with van der Waals surface area (Å²) in [6.07, 6.45) is 37.7. The number of unbranched alkanes of at least 4 members (excludes halogenated alkanes) is 34. The fourth-order valence-corrected chi connectivity index (χ4v) is 11.8. The van der Waals surface area contributed by atoms with E-state index in [1.807, 2.05) is 5.32 Å². The molecule has 0 radical (unpaired) electrons. The lowest BCUT2D eigenvalue weighted by Crippen LogP contribution is -2.60. The van der Waals surface area contributed by atoms with Crippen LogP contribution in [0.1, 0.15) is 304 Å². The van der Waals surface area contributed by atoms with E-state index >= 15 is 0 Å². The number of hydrogen-bond acceptors (Lipinski definition) is 16. The molecule has 25 heteroatoms. The van der Waals surface area contributed by atoms with Gasteiger partial charge in [-0.3, -0.25) is 47.9 Å². The van der Waals surface area contributed by atoms with Crippen LogP contribution in [-0.2, 0) is 62.2 Å². The minimum atomic E-state index is -1.82. The second-order valence-electron chi connectivity index (χ2n) is 25.8. The summed E-state index contributed by atoms with van der Waals surface area (Å²) in [7, 11) is 0. The third-order valence-electron chi connectivity index (χ3n) is 16.7. The molecule has 0 aromatic heterocycles. The van der Waals surface area contributed by atoms with Crippen LogP contribution in [0.15, 0.2) is 0 Å². The van der Waals surface area contributed by atoms with Crippen molar-refractivity contribution >= 4 is 77.0 Å². The Morgan fingerprint density at radius 1 is 0.365 bits per heavy atom. The predicted molar refractivity (Wildman–Crippen MR) is 374 cm³/mol. The van der Waals surface area contributed by atoms with E-state index in [0.29, 0.717) is 19.3 Å². The van der Waals surface area contributed by atoms with E-state index in [-0.39, 0.29) is 49.3 Å². The fraction of sp³-hybridized carbons (Fsp3) is 0.845. The van der Waals surface area contributed by atoms with Crippen LogP contribution < -0.4 is 37.2 Å². The lowest BCUT2D eigenvalue weighted by atomic mass is 10.0. The molecule has 0 aliphatic heterocycles. The van der Waals surface area contributed by atoms with Gasteiger partial charge in [-0.15, -0.1) is 0 Å². The van der Waals surface area contributed by atoms with Gasteiger partial charge in [0.1, 0.15) is 30.8 Å². The number of thioether (sulfide) groups is 1. The molecule has 0 aromatic rings. The molecule has 0 saturated heterocycles. The molecule has 0 spiro atoms. The SMILES string of the molecule is CCCCCCCCCCCCCCCC(=O)OC[C@@H](CSC[C@@H](NC(=O)CCCCCCCCCCCCC)C(=O)NCC(=O)NCC(=O)NCC(=O)N[C@@H](CCC(=O)O)C(=O)N[C@H](C(=O)N[C@H](C(=O)O)[C@@H](C)O)[C@@H](C)O)OC(=O)CCCCCCCCCCCCCCC. The van der Waals surface area contributed by atoms with E-state index in [1.165, 1.54) is 166 Å². The highest BCUT2D eigenvalue weighted by atomic mass is 32.2. The molecule has 0 aromatic carbocycles. The maximum atomic E-state index is 13.8. The first-order valence-corrected chi connectivity index (χ1v) is 38.0. The number of aliphatic hydroxyl groups excluding tert-OH is 2. The minimum absolute atomic E-state index is 0.00575. The predicted octanol–water partition coefficient (Wildman–Crippen LogP) is 9.84. The molecular formula is C71H129N7O17S. The molecule has 0 bridgehead atoms. The summed E-state index contributed by atoms with van der Waals surface area (Å²) in [5, 5.41) is 54.9. The highest BCUT2D eigenvalue weighted by molar-refractivity contribution is 7.99. The lowest BCUT2D eigenvalue weighted by Gasteiger charge is -2.26. The van der Waals surface area contributed by atoms with Crippen molar-refractivity contribution in [1.29, 1.82) is 0 Å². The molecule has 0 unspecified atom stereocenters. The van der Waals surface area contributed by atoms with Crippen LogP contribution in [-0.4, -0.2) is 166 Å². The van der Waals surface area contributed by atoms with Crippen molar-refractivity contribution in [2.75, 3.05) is 37.7 Å². The van der Waals surface area contributed by atoms with Crippen molar-refractivity contribution < 1.29 is 82.6 Å². The van der Waals surface area contributed by atoms with E-state index < -0.39 is 128 Å². The summed E-state index contributed by atoms with van der Waals surface area (Å²) >= 11 is 1.21. The Morgan fingerprint density at radius 2 is 0.729 bits per heavy atom. The molecule has 96 heavy (non-hydrogen) atoms. The maximum Gasteiger partial charge on any atom is 0.328 e. The maximum absolute atomic E-state index is 13.8. The summed E-state index contributed by atoms with van der Waals surface area (Å²) in [6, 6.07) is -6.41. The normalized spacial score (nSPS) is 13.4. The minimum Gasteiger partial charge on any atom is -0.481 e. The van der Waals surface area contributed by atoms with Crippen LogP contribution in [0.3, 0.4) is 0 Å². The number of ether oxygens (including phenoxy) is 2. The van der Waals surface area contributed by atoms with E-state index in [4.69, 9.17) is 9.47 Å². The zero-order valence-electron chi connectivity index (χ0n) is 59.5. The molecule has 7 atom stereocenters. The van der Waals surface area contributed by atoms with E-state index in [1.54, 1.807) is 0 Å². The molecule has 0 saturated carbocycles. The van der Waals surface area contributed by atoms with Crippen LogP contribution in [0.4, 0.5) is 0 Å². The van der Waals surface area contributed by atoms with Gasteiger partial charge in [-0.25, -0.2) is 4.79 Å². The third kappa shape index (κ3) is 53.5. The highest BCUT2D eigenvalue weighted by Gasteiger charge is 2.34. The van der Waals surface area contributed by atoms with Gasteiger partial charge in [0.25, 0.3) is 0 Å². The molecule has 7 amide bonds. The molecule has 0 heterocycles. The molecule has 0 fully saturated rings. The largest absolute Gasteiger partial charge is 0.481 e. The first-order valence-electron chi connectivity index (χ1n) is 36.9. The molecule has 24 nitrogen and oxygen atoms in total.